The van der Waals surface area contributed by atoms with Crippen molar-refractivity contribution in [2.75, 3.05) is 18.8 Å². The Kier molecular flexibility index (Phi) is 4.73. The maximum atomic E-state index is 13.2. The van der Waals surface area contributed by atoms with E-state index in [1.54, 1.807) is 21.7 Å². The third-order valence-electron chi connectivity index (χ3n) is 7.04. The van der Waals surface area contributed by atoms with E-state index in [4.69, 9.17) is 16.6 Å². The normalized spacial score (nSPS) is 22.7. The van der Waals surface area contributed by atoms with Crippen molar-refractivity contribution in [3.63, 3.8) is 0 Å². The number of nitrogens with zero attached hydrogens (tertiary/aromatic N) is 7. The zero-order valence-electron chi connectivity index (χ0n) is 18.7. The largest absolute Gasteiger partial charge is 0.338 e. The lowest BCUT2D eigenvalue weighted by molar-refractivity contribution is -0.137. The van der Waals surface area contributed by atoms with Gasteiger partial charge in [0, 0.05) is 42.7 Å². The highest BCUT2D eigenvalue weighted by Crippen LogP contribution is 2.67. The van der Waals surface area contributed by atoms with Gasteiger partial charge in [-0.05, 0) is 25.5 Å². The molecule has 3 aliphatic rings. The molecule has 0 aliphatic carbocycles. The van der Waals surface area contributed by atoms with Gasteiger partial charge in [-0.25, -0.2) is 0 Å². The number of aromatic nitrogens is 5. The van der Waals surface area contributed by atoms with Gasteiger partial charge in [0.25, 0.3) is 0 Å². The van der Waals surface area contributed by atoms with Crippen LogP contribution in [0, 0.1) is 6.92 Å². The van der Waals surface area contributed by atoms with Gasteiger partial charge < -0.3 is 4.90 Å². The highest BCUT2D eigenvalue weighted by Gasteiger charge is 2.60. The van der Waals surface area contributed by atoms with Gasteiger partial charge in [0.2, 0.25) is 5.91 Å². The maximum Gasteiger partial charge on any atom is 0.225 e. The Balaban J connectivity index is 1.38. The number of benzene rings is 1. The first kappa shape index (κ1) is 21.8. The molecule has 0 radical (unpaired) electrons. The van der Waals surface area contributed by atoms with Crippen molar-refractivity contribution in [1.29, 1.82) is 0 Å². The predicted octanol–water partition coefficient (Wildman–Crippen LogP) is 2.98. The molecule has 178 valence electrons. The number of hydrogen-bond acceptors (Lipinski definition) is 7. The van der Waals surface area contributed by atoms with Crippen LogP contribution in [0.3, 0.4) is 0 Å². The summed E-state index contributed by atoms with van der Waals surface area (Å²) in [6, 6.07) is 6.80. The Morgan fingerprint density at radius 2 is 1.97 bits per heavy atom. The minimum Gasteiger partial charge on any atom is -0.338 e. The Bertz CT molecular complexity index is 1340. The molecule has 0 bridgehead atoms. The molecule has 1 amide bonds. The first-order chi connectivity index (χ1) is 16.2. The quantitative estimate of drug-likeness (QED) is 0.569. The molecule has 3 aliphatic heterocycles. The van der Waals surface area contributed by atoms with Crippen molar-refractivity contribution in [2.45, 2.75) is 30.6 Å². The molecule has 1 atom stereocenters. The molecule has 2 N–H and O–H groups in total. The number of halogens is 1. The van der Waals surface area contributed by atoms with Crippen LogP contribution in [0.4, 0.5) is 0 Å². The van der Waals surface area contributed by atoms with Gasteiger partial charge >= 0.3 is 0 Å². The van der Waals surface area contributed by atoms with E-state index in [0.717, 1.165) is 17.7 Å². The van der Waals surface area contributed by atoms with Crippen LogP contribution in [-0.4, -0.2) is 73.8 Å². The molecule has 5 heterocycles. The summed E-state index contributed by atoms with van der Waals surface area (Å²) in [5, 5.41) is 13.9. The fourth-order valence-electron chi connectivity index (χ4n) is 4.99. The molecule has 34 heavy (non-hydrogen) atoms. The Morgan fingerprint density at radius 3 is 2.62 bits per heavy atom. The Morgan fingerprint density at radius 1 is 1.24 bits per heavy atom. The molecule has 0 unspecified atom stereocenters. The first-order valence-corrected chi connectivity index (χ1v) is 13.1. The van der Waals surface area contributed by atoms with Crippen LogP contribution in [0.15, 0.2) is 35.5 Å². The van der Waals surface area contributed by atoms with Crippen LogP contribution in [0.5, 0.6) is 0 Å². The van der Waals surface area contributed by atoms with Crippen molar-refractivity contribution in [2.24, 2.45) is 12.0 Å². The molecule has 10 nitrogen and oxygen atoms in total. The summed E-state index contributed by atoms with van der Waals surface area (Å²) in [4.78, 5) is 19.9. The van der Waals surface area contributed by atoms with E-state index in [9.17, 15) is 13.9 Å². The van der Waals surface area contributed by atoms with Crippen LogP contribution >= 0.6 is 22.2 Å². The SMILES string of the molecule is Cc1nnc2n1-c1cn(C)nc1C(c1ccc(Cl)cc1)=N[C@H]2CC(=O)N1CC2(CCS2(O)O)C1. The van der Waals surface area contributed by atoms with Crippen molar-refractivity contribution in [3.8, 4) is 5.69 Å². The van der Waals surface area contributed by atoms with Gasteiger partial charge in [0.15, 0.2) is 5.82 Å². The molecule has 1 spiro atoms. The van der Waals surface area contributed by atoms with Crippen LogP contribution < -0.4 is 0 Å². The summed E-state index contributed by atoms with van der Waals surface area (Å²) < 4.78 is 23.5. The zero-order chi connectivity index (χ0) is 23.8. The monoisotopic (exact) mass is 501 g/mol. The average molecular weight is 502 g/mol. The molecule has 3 aromatic rings. The summed E-state index contributed by atoms with van der Waals surface area (Å²) in [5.41, 5.74) is 2.97. The van der Waals surface area contributed by atoms with Crippen molar-refractivity contribution < 1.29 is 13.9 Å². The third-order valence-corrected chi connectivity index (χ3v) is 9.91. The minimum absolute atomic E-state index is 0.0933. The van der Waals surface area contributed by atoms with Crippen molar-refractivity contribution >= 4 is 33.8 Å². The molecular weight excluding hydrogens is 478 g/mol. The van der Waals surface area contributed by atoms with E-state index in [-0.39, 0.29) is 12.3 Å². The highest BCUT2D eigenvalue weighted by molar-refractivity contribution is 8.26. The number of likely N-dealkylation sites (tertiary alicyclic amines) is 1. The Labute approximate surface area is 202 Å². The van der Waals surface area contributed by atoms with Gasteiger partial charge in [0.05, 0.1) is 22.6 Å². The van der Waals surface area contributed by atoms with Crippen LogP contribution in [0.1, 0.15) is 41.8 Å². The molecule has 12 heteroatoms. The van der Waals surface area contributed by atoms with Gasteiger partial charge in [-0.1, -0.05) is 23.7 Å². The summed E-state index contributed by atoms with van der Waals surface area (Å²) in [6.07, 6.45) is 2.74. The summed E-state index contributed by atoms with van der Waals surface area (Å²) >= 11 is 6.11. The number of hydrogen-bond donors (Lipinski definition) is 2. The summed E-state index contributed by atoms with van der Waals surface area (Å²) in [7, 11) is -0.740. The first-order valence-electron chi connectivity index (χ1n) is 11.0. The van der Waals surface area contributed by atoms with E-state index >= 15 is 0 Å². The fraction of sp³-hybridized carbons (Fsp3) is 0.409. The van der Waals surface area contributed by atoms with Crippen molar-refractivity contribution in [3.05, 3.63) is 58.4 Å². The zero-order valence-corrected chi connectivity index (χ0v) is 20.3. The molecule has 6 rings (SSSR count). The van der Waals surface area contributed by atoms with E-state index in [2.05, 4.69) is 15.3 Å². The standard InChI is InChI=1S/C22H24ClN7O3S/c1-13-25-26-21-16(9-18(31)29-11-22(12-29)7-8-34(22,32)33)24-19(14-3-5-15(23)6-4-14)20-17(30(13)21)10-28(2)27-20/h3-6,10,16,32-33H,7-9,11-12H2,1-2H3/t16-/m0/s1. The number of aliphatic imine (C=N–C) groups is 1. The van der Waals surface area contributed by atoms with E-state index in [1.807, 2.05) is 36.9 Å². The van der Waals surface area contributed by atoms with Crippen molar-refractivity contribution in [1.82, 2.24) is 29.4 Å². The minimum atomic E-state index is -2.59. The van der Waals surface area contributed by atoms with Gasteiger partial charge in [0.1, 0.15) is 17.6 Å². The molecule has 0 saturated carbocycles. The van der Waals surface area contributed by atoms with Gasteiger partial charge in [-0.3, -0.25) is 28.1 Å². The second-order valence-electron chi connectivity index (χ2n) is 9.24. The second-order valence-corrected chi connectivity index (χ2v) is 12.3. The second kappa shape index (κ2) is 7.38. The lowest BCUT2D eigenvalue weighted by Crippen LogP contribution is -2.70. The molecule has 2 aromatic heterocycles. The number of aryl methyl sites for hydroxylation is 2. The predicted molar refractivity (Wildman–Crippen MR) is 129 cm³/mol. The smallest absolute Gasteiger partial charge is 0.225 e. The molecule has 2 saturated heterocycles. The van der Waals surface area contributed by atoms with Crippen LogP contribution in [0.25, 0.3) is 5.69 Å². The highest BCUT2D eigenvalue weighted by atomic mass is 35.5. The molecule has 2 fully saturated rings. The van der Waals surface area contributed by atoms with E-state index in [0.29, 0.717) is 46.9 Å². The fourth-order valence-corrected chi connectivity index (χ4v) is 6.99. The van der Waals surface area contributed by atoms with Crippen LogP contribution in [-0.2, 0) is 11.8 Å². The number of carbonyl (C=O) groups is 1. The van der Waals surface area contributed by atoms with E-state index in [1.165, 1.54) is 0 Å². The third kappa shape index (κ3) is 3.14. The summed E-state index contributed by atoms with van der Waals surface area (Å²) in [6.45, 7) is 2.62. The lowest BCUT2D eigenvalue weighted by atomic mass is 9.94. The molecule has 1 aromatic carbocycles. The van der Waals surface area contributed by atoms with Gasteiger partial charge in [-0.15, -0.1) is 10.2 Å². The number of fused-ring (bicyclic) bond motifs is 3. The number of rotatable bonds is 3. The van der Waals surface area contributed by atoms with Gasteiger partial charge in [-0.2, -0.15) is 15.7 Å². The Hall–Kier alpha value is -2.73. The van der Waals surface area contributed by atoms with Crippen LogP contribution in [0.2, 0.25) is 5.02 Å². The number of carbonyl (C=O) groups excluding carboxylic acids is 1. The molecular formula is C22H24ClN7O3S. The number of amides is 1. The summed E-state index contributed by atoms with van der Waals surface area (Å²) in [5.74, 6) is 1.59. The maximum absolute atomic E-state index is 13.2. The van der Waals surface area contributed by atoms with E-state index < -0.39 is 21.4 Å². The lowest BCUT2D eigenvalue weighted by Gasteiger charge is -2.67. The average Bonchev–Trinajstić information content (AvgIpc) is 3.29. The topological polar surface area (TPSA) is 122 Å².